The molecule has 1 aromatic carbocycles. The summed E-state index contributed by atoms with van der Waals surface area (Å²) in [7, 11) is 0. The van der Waals surface area contributed by atoms with Crippen LogP contribution in [0.15, 0.2) is 42.6 Å². The summed E-state index contributed by atoms with van der Waals surface area (Å²) in [5.74, 6) is 0. The molecule has 1 N–H and O–H groups in total. The van der Waals surface area contributed by atoms with Gasteiger partial charge >= 0.3 is 6.09 Å². The first kappa shape index (κ1) is 13.0. The first-order chi connectivity index (χ1) is 9.76. The summed E-state index contributed by atoms with van der Waals surface area (Å²) >= 11 is 0. The molecule has 0 aliphatic carbocycles. The summed E-state index contributed by atoms with van der Waals surface area (Å²) in [5.41, 5.74) is 1.08. The van der Waals surface area contributed by atoms with Gasteiger partial charge < -0.3 is 15.0 Å². The summed E-state index contributed by atoms with van der Waals surface area (Å²) in [6.45, 7) is 2.55. The van der Waals surface area contributed by atoms with Gasteiger partial charge in [-0.2, -0.15) is 0 Å². The maximum atomic E-state index is 11.2. The molecule has 20 heavy (non-hydrogen) atoms. The van der Waals surface area contributed by atoms with E-state index in [9.17, 15) is 4.79 Å². The number of benzene rings is 1. The highest BCUT2D eigenvalue weighted by atomic mass is 16.6. The fourth-order valence-corrected chi connectivity index (χ4v) is 2.81. The van der Waals surface area contributed by atoms with E-state index < -0.39 is 0 Å². The van der Waals surface area contributed by atoms with Gasteiger partial charge in [-0.15, -0.1) is 0 Å². The average molecular weight is 272 g/mol. The minimum atomic E-state index is -0.266. The van der Waals surface area contributed by atoms with E-state index in [1.165, 1.54) is 5.56 Å². The maximum Gasteiger partial charge on any atom is 0.407 e. The zero-order valence-corrected chi connectivity index (χ0v) is 11.5. The number of hydrogen-bond donors (Lipinski definition) is 1. The molecule has 0 saturated carbocycles. The van der Waals surface area contributed by atoms with Crippen LogP contribution in [0.5, 0.6) is 0 Å². The van der Waals surface area contributed by atoms with Crippen LogP contribution in [0.4, 0.5) is 4.79 Å². The summed E-state index contributed by atoms with van der Waals surface area (Å²) in [6, 6.07) is 10.4. The predicted octanol–water partition coefficient (Wildman–Crippen LogP) is 2.32. The number of hydrogen-bond acceptors (Lipinski definition) is 3. The second-order valence-electron chi connectivity index (χ2n) is 5.54. The number of rotatable bonds is 3. The molecule has 0 atom stereocenters. The zero-order valence-electron chi connectivity index (χ0n) is 11.5. The van der Waals surface area contributed by atoms with Crippen LogP contribution in [-0.4, -0.2) is 36.2 Å². The highest BCUT2D eigenvalue weighted by Gasteiger charge is 2.42. The summed E-state index contributed by atoms with van der Waals surface area (Å²) in [4.78, 5) is 13.5. The van der Waals surface area contributed by atoms with E-state index in [1.807, 2.05) is 6.07 Å². The van der Waals surface area contributed by atoms with E-state index in [1.54, 1.807) is 0 Å². The number of ether oxygens (including phenoxy) is 1. The Balaban J connectivity index is 1.48. The Morgan fingerprint density at radius 2 is 2.00 bits per heavy atom. The fourth-order valence-electron chi connectivity index (χ4n) is 2.81. The lowest BCUT2D eigenvalue weighted by Gasteiger charge is -2.36. The van der Waals surface area contributed by atoms with Gasteiger partial charge in [-0.05, 0) is 18.2 Å². The van der Waals surface area contributed by atoms with Gasteiger partial charge in [0.2, 0.25) is 0 Å². The van der Waals surface area contributed by atoms with E-state index >= 15 is 0 Å². The van der Waals surface area contributed by atoms with Crippen molar-refractivity contribution in [2.24, 2.45) is 0 Å². The molecular formula is C16H20N2O2. The molecule has 0 radical (unpaired) electrons. The Morgan fingerprint density at radius 3 is 2.65 bits per heavy atom. The van der Waals surface area contributed by atoms with Crippen LogP contribution in [0, 0.1) is 0 Å². The normalized spacial score (nSPS) is 21.2. The molecule has 2 aliphatic heterocycles. The number of nitrogens with one attached hydrogen (secondary N) is 1. The van der Waals surface area contributed by atoms with Crippen molar-refractivity contribution in [1.29, 1.82) is 0 Å². The van der Waals surface area contributed by atoms with Crippen molar-refractivity contribution in [3.8, 4) is 0 Å². The lowest BCUT2D eigenvalue weighted by Crippen LogP contribution is -2.44. The summed E-state index contributed by atoms with van der Waals surface area (Å²) in [6.07, 6.45) is 6.87. The topological polar surface area (TPSA) is 41.6 Å². The average Bonchev–Trinajstić information content (AvgIpc) is 2.84. The Hall–Kier alpha value is -1.97. The van der Waals surface area contributed by atoms with E-state index in [-0.39, 0.29) is 11.7 Å². The first-order valence-corrected chi connectivity index (χ1v) is 7.17. The fraction of sp³-hybridized carbons (Fsp3) is 0.438. The standard InChI is InChI=1S/C16H20N2O2/c19-15-17-13-16(20-15)8-11-18(12-9-16)10-4-7-14-5-2-1-3-6-14/h1-6,10H,7-9,11-13H2,(H,17,19). The molecule has 1 spiro atoms. The second kappa shape index (κ2) is 5.57. The van der Waals surface area contributed by atoms with Crippen molar-refractivity contribution in [3.05, 3.63) is 48.2 Å². The lowest BCUT2D eigenvalue weighted by atomic mass is 9.92. The van der Waals surface area contributed by atoms with Gasteiger partial charge in [0, 0.05) is 25.9 Å². The maximum absolute atomic E-state index is 11.2. The molecule has 2 heterocycles. The van der Waals surface area contributed by atoms with Crippen molar-refractivity contribution < 1.29 is 9.53 Å². The van der Waals surface area contributed by atoms with Gasteiger partial charge in [-0.3, -0.25) is 0 Å². The predicted molar refractivity (Wildman–Crippen MR) is 77.3 cm³/mol. The largest absolute Gasteiger partial charge is 0.441 e. The van der Waals surface area contributed by atoms with E-state index in [0.29, 0.717) is 6.54 Å². The molecule has 3 rings (SSSR count). The van der Waals surface area contributed by atoms with Gasteiger partial charge in [0.15, 0.2) is 0 Å². The second-order valence-corrected chi connectivity index (χ2v) is 5.54. The molecule has 106 valence electrons. The molecule has 1 aromatic rings. The Morgan fingerprint density at radius 1 is 1.25 bits per heavy atom. The molecule has 0 unspecified atom stereocenters. The van der Waals surface area contributed by atoms with Crippen LogP contribution in [0.25, 0.3) is 0 Å². The number of allylic oxidation sites excluding steroid dienone is 1. The van der Waals surface area contributed by atoms with Crippen molar-refractivity contribution in [2.75, 3.05) is 19.6 Å². The van der Waals surface area contributed by atoms with Crippen molar-refractivity contribution >= 4 is 6.09 Å². The third kappa shape index (κ3) is 2.95. The number of piperidine rings is 1. The molecule has 2 saturated heterocycles. The number of nitrogens with zero attached hydrogens (tertiary/aromatic N) is 1. The minimum absolute atomic E-state index is 0.249. The van der Waals surface area contributed by atoms with Gasteiger partial charge in [-0.25, -0.2) is 4.79 Å². The zero-order chi connectivity index (χ0) is 13.8. The van der Waals surface area contributed by atoms with Gasteiger partial charge in [-0.1, -0.05) is 36.4 Å². The lowest BCUT2D eigenvalue weighted by molar-refractivity contribution is 0.0109. The number of alkyl carbamates (subject to hydrolysis) is 1. The molecule has 4 nitrogen and oxygen atoms in total. The number of carbonyl (C=O) groups is 1. The quantitative estimate of drug-likeness (QED) is 0.918. The van der Waals surface area contributed by atoms with Gasteiger partial charge in [0.05, 0.1) is 6.54 Å². The monoisotopic (exact) mass is 272 g/mol. The first-order valence-electron chi connectivity index (χ1n) is 7.17. The van der Waals surface area contributed by atoms with E-state index in [4.69, 9.17) is 4.74 Å². The van der Waals surface area contributed by atoms with Gasteiger partial charge in [0.25, 0.3) is 0 Å². The van der Waals surface area contributed by atoms with Crippen LogP contribution < -0.4 is 5.32 Å². The van der Waals surface area contributed by atoms with Crippen LogP contribution in [0.3, 0.4) is 0 Å². The highest BCUT2D eigenvalue weighted by molar-refractivity contribution is 5.70. The minimum Gasteiger partial charge on any atom is -0.441 e. The molecular weight excluding hydrogens is 252 g/mol. The third-order valence-corrected chi connectivity index (χ3v) is 4.09. The van der Waals surface area contributed by atoms with Gasteiger partial charge in [0.1, 0.15) is 5.60 Å². The Labute approximate surface area is 119 Å². The summed E-state index contributed by atoms with van der Waals surface area (Å²) in [5, 5.41) is 2.76. The SMILES string of the molecule is O=C1NCC2(CCN(C=CCc3ccccc3)CC2)O1. The molecule has 0 bridgehead atoms. The molecule has 1 amide bonds. The number of amides is 1. The van der Waals surface area contributed by atoms with E-state index in [2.05, 4.69) is 46.8 Å². The number of carbonyl (C=O) groups excluding carboxylic acids is 1. The molecule has 2 fully saturated rings. The van der Waals surface area contributed by atoms with Crippen molar-refractivity contribution in [2.45, 2.75) is 24.9 Å². The Bertz CT molecular complexity index is 490. The van der Waals surface area contributed by atoms with Crippen LogP contribution in [0.1, 0.15) is 18.4 Å². The van der Waals surface area contributed by atoms with Crippen LogP contribution in [0.2, 0.25) is 0 Å². The Kier molecular flexibility index (Phi) is 3.63. The van der Waals surface area contributed by atoms with Crippen LogP contribution in [-0.2, 0) is 11.2 Å². The summed E-state index contributed by atoms with van der Waals surface area (Å²) < 4.78 is 5.41. The smallest absolute Gasteiger partial charge is 0.407 e. The van der Waals surface area contributed by atoms with Crippen molar-refractivity contribution in [3.63, 3.8) is 0 Å². The molecule has 2 aliphatic rings. The molecule has 4 heteroatoms. The van der Waals surface area contributed by atoms with E-state index in [0.717, 1.165) is 32.4 Å². The van der Waals surface area contributed by atoms with Crippen molar-refractivity contribution in [1.82, 2.24) is 10.2 Å². The van der Waals surface area contributed by atoms with Crippen LogP contribution >= 0.6 is 0 Å². The highest BCUT2D eigenvalue weighted by Crippen LogP contribution is 2.29. The number of likely N-dealkylation sites (tertiary alicyclic amines) is 1. The molecule has 0 aromatic heterocycles. The third-order valence-electron chi connectivity index (χ3n) is 4.09.